The van der Waals surface area contributed by atoms with Crippen LogP contribution in [0, 0.1) is 6.92 Å². The lowest BCUT2D eigenvalue weighted by Gasteiger charge is -1.97. The number of aromatic nitrogens is 4. The van der Waals surface area contributed by atoms with E-state index in [0.29, 0.717) is 5.82 Å². The van der Waals surface area contributed by atoms with Gasteiger partial charge >= 0.3 is 0 Å². The van der Waals surface area contributed by atoms with Crippen molar-refractivity contribution < 1.29 is 0 Å². The summed E-state index contributed by atoms with van der Waals surface area (Å²) in [6.45, 7) is 2.53. The predicted octanol–water partition coefficient (Wildman–Crippen LogP) is 0.247. The highest BCUT2D eigenvalue weighted by Crippen LogP contribution is 1.99. The van der Waals surface area contributed by atoms with Crippen molar-refractivity contribution in [2.75, 3.05) is 6.54 Å². The van der Waals surface area contributed by atoms with E-state index in [2.05, 4.69) is 20.4 Å². The van der Waals surface area contributed by atoms with Crippen LogP contribution in [0.15, 0.2) is 0 Å². The van der Waals surface area contributed by atoms with Crippen LogP contribution in [0.3, 0.4) is 0 Å². The van der Waals surface area contributed by atoms with Gasteiger partial charge < -0.3 is 5.73 Å². The molecule has 5 nitrogen and oxygen atoms in total. The van der Waals surface area contributed by atoms with Gasteiger partial charge in [-0.1, -0.05) is 6.42 Å². The fraction of sp³-hybridized carbons (Fsp3) is 0.750. The molecule has 0 spiro atoms. The molecule has 0 bridgehead atoms. The van der Waals surface area contributed by atoms with Gasteiger partial charge in [0, 0.05) is 6.42 Å². The number of nitrogens with two attached hydrogens (primary N) is 1. The smallest absolute Gasteiger partial charge is 0.173 e. The maximum atomic E-state index is 5.37. The third-order valence-electron chi connectivity index (χ3n) is 1.72. The molecule has 0 aliphatic heterocycles. The first-order valence-corrected chi connectivity index (χ1v) is 4.56. The molecule has 0 aliphatic carbocycles. The van der Waals surface area contributed by atoms with Crippen LogP contribution in [0.2, 0.25) is 0 Å². The van der Waals surface area contributed by atoms with Gasteiger partial charge in [-0.3, -0.25) is 0 Å². The lowest BCUT2D eigenvalue weighted by atomic mass is 10.2. The lowest BCUT2D eigenvalue weighted by molar-refractivity contribution is 0.640. The zero-order chi connectivity index (χ0) is 9.52. The van der Waals surface area contributed by atoms with Gasteiger partial charge in [-0.05, 0) is 26.3 Å². The third-order valence-corrected chi connectivity index (χ3v) is 1.72. The molecule has 0 atom stereocenters. The maximum absolute atomic E-state index is 5.37. The molecule has 1 aromatic heterocycles. The summed E-state index contributed by atoms with van der Waals surface area (Å²) in [5.74, 6) is 1.34. The Labute approximate surface area is 77.8 Å². The highest BCUT2D eigenvalue weighted by atomic mass is 15.3. The highest BCUT2D eigenvalue weighted by Gasteiger charge is 1.97. The summed E-state index contributed by atoms with van der Waals surface area (Å²) in [5.41, 5.74) is 5.37. The second kappa shape index (κ2) is 5.53. The summed E-state index contributed by atoms with van der Waals surface area (Å²) in [6.07, 6.45) is 4.09. The van der Waals surface area contributed by atoms with Gasteiger partial charge in [-0.2, -0.15) is 0 Å². The fourth-order valence-electron chi connectivity index (χ4n) is 1.00. The van der Waals surface area contributed by atoms with E-state index in [1.165, 1.54) is 0 Å². The Hall–Kier alpha value is -1.10. The van der Waals surface area contributed by atoms with Gasteiger partial charge in [-0.15, -0.1) is 20.4 Å². The van der Waals surface area contributed by atoms with Gasteiger partial charge in [0.15, 0.2) is 11.6 Å². The first-order valence-electron chi connectivity index (χ1n) is 4.56. The SMILES string of the molecule is Cc1nnc(CCCCCN)nn1. The highest BCUT2D eigenvalue weighted by molar-refractivity contribution is 4.79. The summed E-state index contributed by atoms with van der Waals surface area (Å²) >= 11 is 0. The Balaban J connectivity index is 2.25. The molecule has 0 saturated carbocycles. The molecule has 0 radical (unpaired) electrons. The van der Waals surface area contributed by atoms with Crippen LogP contribution < -0.4 is 5.73 Å². The van der Waals surface area contributed by atoms with E-state index >= 15 is 0 Å². The Morgan fingerprint density at radius 1 is 1.00 bits per heavy atom. The molecule has 0 amide bonds. The van der Waals surface area contributed by atoms with Crippen molar-refractivity contribution in [3.63, 3.8) is 0 Å². The van der Waals surface area contributed by atoms with E-state index in [-0.39, 0.29) is 0 Å². The molecule has 0 aliphatic rings. The van der Waals surface area contributed by atoms with E-state index in [0.717, 1.165) is 38.1 Å². The number of hydrogen-bond donors (Lipinski definition) is 1. The number of aryl methyl sites for hydroxylation is 2. The van der Waals surface area contributed by atoms with Gasteiger partial charge in [0.2, 0.25) is 0 Å². The van der Waals surface area contributed by atoms with E-state index < -0.39 is 0 Å². The molecular formula is C8H15N5. The molecule has 0 saturated heterocycles. The minimum absolute atomic E-state index is 0.616. The topological polar surface area (TPSA) is 77.6 Å². The van der Waals surface area contributed by atoms with Gasteiger partial charge in [0.05, 0.1) is 0 Å². The van der Waals surface area contributed by atoms with E-state index in [1.807, 2.05) is 0 Å². The molecule has 1 aromatic rings. The van der Waals surface area contributed by atoms with Crippen LogP contribution in [0.1, 0.15) is 30.9 Å². The van der Waals surface area contributed by atoms with Crippen molar-refractivity contribution in [3.05, 3.63) is 11.6 Å². The van der Waals surface area contributed by atoms with Gasteiger partial charge in [0.25, 0.3) is 0 Å². The van der Waals surface area contributed by atoms with Crippen LogP contribution >= 0.6 is 0 Å². The molecule has 0 aromatic carbocycles. The van der Waals surface area contributed by atoms with E-state index in [1.54, 1.807) is 6.92 Å². The average molecular weight is 181 g/mol. The van der Waals surface area contributed by atoms with Crippen molar-refractivity contribution in [2.45, 2.75) is 32.6 Å². The summed E-state index contributed by atoms with van der Waals surface area (Å²) in [4.78, 5) is 0. The van der Waals surface area contributed by atoms with Crippen molar-refractivity contribution in [3.8, 4) is 0 Å². The molecule has 0 unspecified atom stereocenters. The van der Waals surface area contributed by atoms with Crippen molar-refractivity contribution in [1.29, 1.82) is 0 Å². The van der Waals surface area contributed by atoms with Crippen LogP contribution in [-0.2, 0) is 6.42 Å². The van der Waals surface area contributed by atoms with E-state index in [4.69, 9.17) is 5.73 Å². The predicted molar refractivity (Wildman–Crippen MR) is 49.0 cm³/mol. The van der Waals surface area contributed by atoms with Crippen LogP contribution in [0.4, 0.5) is 0 Å². The first kappa shape index (κ1) is 9.98. The molecule has 1 rings (SSSR count). The van der Waals surface area contributed by atoms with Crippen LogP contribution in [0.25, 0.3) is 0 Å². The summed E-state index contributed by atoms with van der Waals surface area (Å²) < 4.78 is 0. The minimum atomic E-state index is 0.616. The summed E-state index contributed by atoms with van der Waals surface area (Å²) in [5, 5.41) is 15.5. The second-order valence-electron chi connectivity index (χ2n) is 2.96. The minimum Gasteiger partial charge on any atom is -0.330 e. The van der Waals surface area contributed by atoms with E-state index in [9.17, 15) is 0 Å². The third kappa shape index (κ3) is 3.89. The Morgan fingerprint density at radius 3 is 2.31 bits per heavy atom. The number of rotatable bonds is 5. The number of nitrogens with zero attached hydrogens (tertiary/aromatic N) is 4. The first-order chi connectivity index (χ1) is 6.33. The zero-order valence-electron chi connectivity index (χ0n) is 7.90. The zero-order valence-corrected chi connectivity index (χ0v) is 7.90. The number of hydrogen-bond acceptors (Lipinski definition) is 5. The molecule has 5 heteroatoms. The Kier molecular flexibility index (Phi) is 4.25. The van der Waals surface area contributed by atoms with Crippen LogP contribution in [-0.4, -0.2) is 26.9 Å². The molecule has 1 heterocycles. The largest absolute Gasteiger partial charge is 0.330 e. The summed E-state index contributed by atoms with van der Waals surface area (Å²) in [7, 11) is 0. The molecule has 0 fully saturated rings. The standard InChI is InChI=1S/C8H15N5/c1-7-10-12-8(13-11-7)5-3-2-4-6-9/h2-6,9H2,1H3. The van der Waals surface area contributed by atoms with Crippen molar-refractivity contribution >= 4 is 0 Å². The number of unbranched alkanes of at least 4 members (excludes halogenated alkanes) is 2. The van der Waals surface area contributed by atoms with Crippen molar-refractivity contribution in [2.24, 2.45) is 5.73 Å². The van der Waals surface area contributed by atoms with Gasteiger partial charge in [-0.25, -0.2) is 0 Å². The monoisotopic (exact) mass is 181 g/mol. The maximum Gasteiger partial charge on any atom is 0.173 e. The lowest BCUT2D eigenvalue weighted by Crippen LogP contribution is -2.03. The Morgan fingerprint density at radius 2 is 1.69 bits per heavy atom. The normalized spacial score (nSPS) is 10.3. The Bertz CT molecular complexity index is 233. The quantitative estimate of drug-likeness (QED) is 0.659. The molecule has 72 valence electrons. The summed E-state index contributed by atoms with van der Waals surface area (Å²) in [6, 6.07) is 0. The van der Waals surface area contributed by atoms with Crippen molar-refractivity contribution in [1.82, 2.24) is 20.4 Å². The molecule has 13 heavy (non-hydrogen) atoms. The molecular weight excluding hydrogens is 166 g/mol. The second-order valence-corrected chi connectivity index (χ2v) is 2.96. The average Bonchev–Trinajstić information content (AvgIpc) is 2.15. The van der Waals surface area contributed by atoms with Gasteiger partial charge in [0.1, 0.15) is 0 Å². The van der Waals surface area contributed by atoms with Crippen LogP contribution in [0.5, 0.6) is 0 Å². The molecule has 2 N–H and O–H groups in total. The fourth-order valence-corrected chi connectivity index (χ4v) is 1.00.